The van der Waals surface area contributed by atoms with Crippen molar-refractivity contribution in [1.82, 2.24) is 14.6 Å². The van der Waals surface area contributed by atoms with Crippen molar-refractivity contribution in [3.8, 4) is 0 Å². The lowest BCUT2D eigenvalue weighted by Crippen LogP contribution is -2.48. The molecule has 1 fully saturated rings. The van der Waals surface area contributed by atoms with Gasteiger partial charge in [0.05, 0.1) is 0 Å². The molecule has 1 atom stereocenters. The predicted molar refractivity (Wildman–Crippen MR) is 69.6 cm³/mol. The molecule has 0 bridgehead atoms. The van der Waals surface area contributed by atoms with Crippen molar-refractivity contribution in [2.75, 3.05) is 19.3 Å². The van der Waals surface area contributed by atoms with Crippen LogP contribution in [-0.4, -0.2) is 43.8 Å². The van der Waals surface area contributed by atoms with Crippen molar-refractivity contribution in [3.63, 3.8) is 0 Å². The van der Waals surface area contributed by atoms with Crippen molar-refractivity contribution in [2.45, 2.75) is 23.8 Å². The van der Waals surface area contributed by atoms with E-state index in [1.54, 1.807) is 7.05 Å². The quantitative estimate of drug-likeness (QED) is 0.783. The van der Waals surface area contributed by atoms with E-state index in [2.05, 4.69) is 9.71 Å². The van der Waals surface area contributed by atoms with Crippen LogP contribution in [-0.2, 0) is 14.8 Å². The fourth-order valence-electron chi connectivity index (χ4n) is 1.95. The van der Waals surface area contributed by atoms with E-state index in [1.165, 1.54) is 23.2 Å². The highest BCUT2D eigenvalue weighted by molar-refractivity contribution is 7.89. The van der Waals surface area contributed by atoms with E-state index < -0.39 is 10.0 Å². The van der Waals surface area contributed by atoms with Gasteiger partial charge < -0.3 is 10.6 Å². The third kappa shape index (κ3) is 3.21. The molecule has 19 heavy (non-hydrogen) atoms. The zero-order valence-corrected chi connectivity index (χ0v) is 11.4. The van der Waals surface area contributed by atoms with Gasteiger partial charge in [-0.1, -0.05) is 0 Å². The standard InChI is InChI=1S/C11H16N4O3S/c1-15-7-8(2-5-11(15)16)14-19(17,18)9-3-4-10(12)13-6-9/h3-4,6,8,14H,2,5,7H2,1H3,(H2,12,13). The van der Waals surface area contributed by atoms with Crippen LogP contribution in [0.5, 0.6) is 0 Å². The van der Waals surface area contributed by atoms with Crippen LogP contribution in [0, 0.1) is 0 Å². The fourth-order valence-corrected chi connectivity index (χ4v) is 3.15. The van der Waals surface area contributed by atoms with Gasteiger partial charge in [-0.25, -0.2) is 18.1 Å². The van der Waals surface area contributed by atoms with E-state index in [1.807, 2.05) is 0 Å². The predicted octanol–water partition coefficient (Wildman–Crippen LogP) is -0.437. The Morgan fingerprint density at radius 2 is 2.21 bits per heavy atom. The number of aromatic nitrogens is 1. The third-order valence-corrected chi connectivity index (χ3v) is 4.52. The Hall–Kier alpha value is -1.67. The van der Waals surface area contributed by atoms with Crippen LogP contribution in [0.15, 0.2) is 23.2 Å². The summed E-state index contributed by atoms with van der Waals surface area (Å²) in [5.74, 6) is 0.298. The minimum atomic E-state index is -3.62. The van der Waals surface area contributed by atoms with E-state index in [0.29, 0.717) is 19.4 Å². The molecule has 1 unspecified atom stereocenters. The largest absolute Gasteiger partial charge is 0.384 e. The zero-order chi connectivity index (χ0) is 14.0. The number of nitrogens with one attached hydrogen (secondary N) is 1. The lowest BCUT2D eigenvalue weighted by atomic mass is 10.1. The van der Waals surface area contributed by atoms with Crippen molar-refractivity contribution in [3.05, 3.63) is 18.3 Å². The van der Waals surface area contributed by atoms with Crippen LogP contribution in [0.25, 0.3) is 0 Å². The van der Waals surface area contributed by atoms with Crippen LogP contribution >= 0.6 is 0 Å². The Kier molecular flexibility index (Phi) is 3.72. The number of amides is 1. The van der Waals surface area contributed by atoms with E-state index in [-0.39, 0.29) is 22.7 Å². The average molecular weight is 284 g/mol. The minimum absolute atomic E-state index is 0.0320. The van der Waals surface area contributed by atoms with E-state index >= 15 is 0 Å². The van der Waals surface area contributed by atoms with Gasteiger partial charge in [-0.05, 0) is 18.6 Å². The van der Waals surface area contributed by atoms with Gasteiger partial charge in [0.1, 0.15) is 10.7 Å². The number of pyridine rings is 1. The SMILES string of the molecule is CN1CC(NS(=O)(=O)c2ccc(N)nc2)CCC1=O. The summed E-state index contributed by atoms with van der Waals surface area (Å²) < 4.78 is 26.8. The molecule has 1 aromatic heterocycles. The molecule has 104 valence electrons. The molecule has 1 aliphatic rings. The highest BCUT2D eigenvalue weighted by Crippen LogP contribution is 2.14. The van der Waals surface area contributed by atoms with E-state index in [4.69, 9.17) is 5.73 Å². The van der Waals surface area contributed by atoms with Crippen LogP contribution in [0.4, 0.5) is 5.82 Å². The number of hydrogen-bond acceptors (Lipinski definition) is 5. The minimum Gasteiger partial charge on any atom is -0.384 e. The molecule has 3 N–H and O–H groups in total. The summed E-state index contributed by atoms with van der Waals surface area (Å²) >= 11 is 0. The zero-order valence-electron chi connectivity index (χ0n) is 10.5. The summed E-state index contributed by atoms with van der Waals surface area (Å²) in [7, 11) is -1.96. The first-order chi connectivity index (χ1) is 8.88. The first-order valence-electron chi connectivity index (χ1n) is 5.86. The molecule has 7 nitrogen and oxygen atoms in total. The summed E-state index contributed by atoms with van der Waals surface area (Å²) in [6, 6.07) is 2.57. The Balaban J connectivity index is 2.09. The number of nitrogens with zero attached hydrogens (tertiary/aromatic N) is 2. The number of piperidine rings is 1. The van der Waals surface area contributed by atoms with Gasteiger partial charge in [0.25, 0.3) is 0 Å². The number of nitrogen functional groups attached to an aromatic ring is 1. The number of likely N-dealkylation sites (tertiary alicyclic amines) is 1. The van der Waals surface area contributed by atoms with Gasteiger partial charge in [0.2, 0.25) is 15.9 Å². The van der Waals surface area contributed by atoms with Crippen molar-refractivity contribution in [2.24, 2.45) is 0 Å². The third-order valence-electron chi connectivity index (χ3n) is 3.02. The maximum Gasteiger partial charge on any atom is 0.242 e. The summed E-state index contributed by atoms with van der Waals surface area (Å²) in [5, 5.41) is 0. The van der Waals surface area contributed by atoms with Crippen LogP contribution in [0.3, 0.4) is 0 Å². The maximum absolute atomic E-state index is 12.1. The van der Waals surface area contributed by atoms with Crippen LogP contribution < -0.4 is 10.5 Å². The van der Waals surface area contributed by atoms with E-state index in [9.17, 15) is 13.2 Å². The molecule has 0 spiro atoms. The van der Waals surface area contributed by atoms with Crippen molar-refractivity contribution >= 4 is 21.7 Å². The lowest BCUT2D eigenvalue weighted by molar-refractivity contribution is -0.132. The smallest absolute Gasteiger partial charge is 0.242 e. The number of anilines is 1. The van der Waals surface area contributed by atoms with Crippen LogP contribution in [0.1, 0.15) is 12.8 Å². The molecular formula is C11H16N4O3S. The molecule has 0 aliphatic carbocycles. The average Bonchev–Trinajstić information content (AvgIpc) is 2.34. The molecule has 1 amide bonds. The summed E-state index contributed by atoms with van der Waals surface area (Å²) in [6.07, 6.45) is 2.07. The summed E-state index contributed by atoms with van der Waals surface area (Å²) in [6.45, 7) is 0.375. The van der Waals surface area contributed by atoms with Gasteiger partial charge in [-0.3, -0.25) is 4.79 Å². The Morgan fingerprint density at radius 3 is 2.79 bits per heavy atom. The molecular weight excluding hydrogens is 268 g/mol. The summed E-state index contributed by atoms with van der Waals surface area (Å²) in [4.78, 5) is 16.7. The monoisotopic (exact) mass is 284 g/mol. The lowest BCUT2D eigenvalue weighted by Gasteiger charge is -2.29. The molecule has 0 radical (unpaired) electrons. The second-order valence-corrected chi connectivity index (χ2v) is 6.26. The Morgan fingerprint density at radius 1 is 1.47 bits per heavy atom. The van der Waals surface area contributed by atoms with E-state index in [0.717, 1.165) is 0 Å². The highest BCUT2D eigenvalue weighted by atomic mass is 32.2. The molecule has 1 saturated heterocycles. The number of carbonyl (C=O) groups excluding carboxylic acids is 1. The van der Waals surface area contributed by atoms with Gasteiger partial charge in [0, 0.05) is 32.3 Å². The number of rotatable bonds is 3. The first kappa shape index (κ1) is 13.8. The number of sulfonamides is 1. The fraction of sp³-hybridized carbons (Fsp3) is 0.455. The maximum atomic E-state index is 12.1. The molecule has 1 aromatic rings. The highest BCUT2D eigenvalue weighted by Gasteiger charge is 2.27. The molecule has 2 heterocycles. The van der Waals surface area contributed by atoms with Gasteiger partial charge in [-0.2, -0.15) is 0 Å². The molecule has 0 saturated carbocycles. The second kappa shape index (κ2) is 5.14. The number of likely N-dealkylation sites (N-methyl/N-ethyl adjacent to an activating group) is 1. The number of carbonyl (C=O) groups is 1. The Labute approximate surface area is 111 Å². The summed E-state index contributed by atoms with van der Waals surface area (Å²) in [5.41, 5.74) is 5.42. The number of nitrogens with two attached hydrogens (primary N) is 1. The van der Waals surface area contributed by atoms with Crippen molar-refractivity contribution in [1.29, 1.82) is 0 Å². The molecule has 0 aromatic carbocycles. The van der Waals surface area contributed by atoms with Crippen molar-refractivity contribution < 1.29 is 13.2 Å². The molecule has 1 aliphatic heterocycles. The molecule has 8 heteroatoms. The first-order valence-corrected chi connectivity index (χ1v) is 7.34. The number of hydrogen-bond donors (Lipinski definition) is 2. The second-order valence-electron chi connectivity index (χ2n) is 4.55. The topological polar surface area (TPSA) is 105 Å². The molecule has 2 rings (SSSR count). The van der Waals surface area contributed by atoms with Crippen LogP contribution in [0.2, 0.25) is 0 Å². The normalized spacial score (nSPS) is 20.6. The van der Waals surface area contributed by atoms with Gasteiger partial charge in [-0.15, -0.1) is 0 Å². The Bertz CT molecular complexity index is 570. The van der Waals surface area contributed by atoms with Gasteiger partial charge in [0.15, 0.2) is 0 Å². The van der Waals surface area contributed by atoms with Gasteiger partial charge >= 0.3 is 0 Å².